The van der Waals surface area contributed by atoms with Crippen LogP contribution in [-0.2, 0) is 10.2 Å². The van der Waals surface area contributed by atoms with Gasteiger partial charge in [0.25, 0.3) is 0 Å². The van der Waals surface area contributed by atoms with Gasteiger partial charge in [-0.2, -0.15) is 5.10 Å². The summed E-state index contributed by atoms with van der Waals surface area (Å²) in [6.07, 6.45) is 13.6. The van der Waals surface area contributed by atoms with Crippen LogP contribution in [0.25, 0.3) is 0 Å². The molecule has 0 heterocycles. The summed E-state index contributed by atoms with van der Waals surface area (Å²) in [7, 11) is 0. The average Bonchev–Trinajstić information content (AvgIpc) is 2.60. The number of amides is 1. The second-order valence-corrected chi connectivity index (χ2v) is 8.24. The van der Waals surface area contributed by atoms with Gasteiger partial charge in [0.05, 0.1) is 6.21 Å². The van der Waals surface area contributed by atoms with Crippen LogP contribution in [-0.4, -0.2) is 12.1 Å². The lowest BCUT2D eigenvalue weighted by atomic mass is 9.87. The number of nitrogens with zero attached hydrogens (tertiary/aromatic N) is 1. The summed E-state index contributed by atoms with van der Waals surface area (Å²) in [5.74, 6) is 0.00973. The second-order valence-electron chi connectivity index (χ2n) is 8.24. The van der Waals surface area contributed by atoms with E-state index in [9.17, 15) is 4.79 Å². The molecular formula is C23H38N2O. The third kappa shape index (κ3) is 10.4. The van der Waals surface area contributed by atoms with Gasteiger partial charge in [0.2, 0.25) is 5.91 Å². The summed E-state index contributed by atoms with van der Waals surface area (Å²) in [6.45, 7) is 8.84. The predicted molar refractivity (Wildman–Crippen MR) is 113 cm³/mol. The molecule has 0 saturated heterocycles. The first kappa shape index (κ1) is 22.4. The van der Waals surface area contributed by atoms with Gasteiger partial charge in [0.15, 0.2) is 0 Å². The molecule has 26 heavy (non-hydrogen) atoms. The zero-order chi connectivity index (χ0) is 19.3. The van der Waals surface area contributed by atoms with Gasteiger partial charge < -0.3 is 0 Å². The summed E-state index contributed by atoms with van der Waals surface area (Å²) < 4.78 is 0. The summed E-state index contributed by atoms with van der Waals surface area (Å²) in [4.78, 5) is 11.8. The van der Waals surface area contributed by atoms with E-state index in [1.165, 1.54) is 50.5 Å². The van der Waals surface area contributed by atoms with E-state index in [2.05, 4.69) is 50.4 Å². The molecule has 0 saturated carbocycles. The Bertz CT molecular complexity index is 526. The highest BCUT2D eigenvalue weighted by Gasteiger charge is 2.12. The van der Waals surface area contributed by atoms with Crippen molar-refractivity contribution in [2.24, 2.45) is 5.10 Å². The molecule has 0 radical (unpaired) electrons. The Morgan fingerprint density at radius 2 is 1.46 bits per heavy atom. The van der Waals surface area contributed by atoms with Crippen LogP contribution >= 0.6 is 0 Å². The van der Waals surface area contributed by atoms with Crippen molar-refractivity contribution >= 4 is 12.1 Å². The van der Waals surface area contributed by atoms with Crippen molar-refractivity contribution in [3.05, 3.63) is 35.4 Å². The SMILES string of the molecule is CCCCCCCCCCCC(=O)NN=Cc1ccc(C(C)(C)C)cc1. The van der Waals surface area contributed by atoms with E-state index >= 15 is 0 Å². The zero-order valence-corrected chi connectivity index (χ0v) is 17.3. The molecule has 1 amide bonds. The first-order chi connectivity index (χ1) is 12.4. The van der Waals surface area contributed by atoms with Gasteiger partial charge in [0.1, 0.15) is 0 Å². The molecule has 0 atom stereocenters. The molecule has 3 heteroatoms. The molecule has 0 aliphatic heterocycles. The molecule has 1 N–H and O–H groups in total. The number of unbranched alkanes of at least 4 members (excludes halogenated alkanes) is 8. The summed E-state index contributed by atoms with van der Waals surface area (Å²) >= 11 is 0. The molecule has 0 fully saturated rings. The highest BCUT2D eigenvalue weighted by Crippen LogP contribution is 2.21. The van der Waals surface area contributed by atoms with Crippen molar-refractivity contribution in [1.29, 1.82) is 0 Å². The van der Waals surface area contributed by atoms with E-state index in [1.807, 2.05) is 12.1 Å². The number of hydrogen-bond donors (Lipinski definition) is 1. The number of carbonyl (C=O) groups is 1. The largest absolute Gasteiger partial charge is 0.273 e. The molecule has 0 bridgehead atoms. The van der Waals surface area contributed by atoms with Crippen LogP contribution in [0.1, 0.15) is 103 Å². The minimum Gasteiger partial charge on any atom is -0.273 e. The van der Waals surface area contributed by atoms with E-state index in [4.69, 9.17) is 0 Å². The van der Waals surface area contributed by atoms with Crippen LogP contribution in [0.2, 0.25) is 0 Å². The van der Waals surface area contributed by atoms with Crippen molar-refractivity contribution < 1.29 is 4.79 Å². The van der Waals surface area contributed by atoms with Crippen molar-refractivity contribution in [1.82, 2.24) is 5.43 Å². The monoisotopic (exact) mass is 358 g/mol. The van der Waals surface area contributed by atoms with Crippen LogP contribution < -0.4 is 5.43 Å². The standard InChI is InChI=1S/C23H38N2O/c1-5-6-7-8-9-10-11-12-13-14-22(26)25-24-19-20-15-17-21(18-16-20)23(2,3)4/h15-19H,5-14H2,1-4H3,(H,25,26). The summed E-state index contributed by atoms with van der Waals surface area (Å²) in [5.41, 5.74) is 5.08. The van der Waals surface area contributed by atoms with E-state index in [0.717, 1.165) is 18.4 Å². The highest BCUT2D eigenvalue weighted by molar-refractivity contribution is 5.82. The third-order valence-electron chi connectivity index (χ3n) is 4.69. The topological polar surface area (TPSA) is 41.5 Å². The maximum atomic E-state index is 11.8. The van der Waals surface area contributed by atoms with Crippen molar-refractivity contribution in [3.8, 4) is 0 Å². The predicted octanol–water partition coefficient (Wildman–Crippen LogP) is 6.36. The normalized spacial score (nSPS) is 11.8. The van der Waals surface area contributed by atoms with Gasteiger partial charge in [-0.05, 0) is 23.0 Å². The lowest BCUT2D eigenvalue weighted by molar-refractivity contribution is -0.121. The molecule has 0 unspecified atom stereocenters. The van der Waals surface area contributed by atoms with Crippen molar-refractivity contribution in [2.45, 2.75) is 97.3 Å². The first-order valence-electron chi connectivity index (χ1n) is 10.4. The number of carbonyl (C=O) groups excluding carboxylic acids is 1. The Hall–Kier alpha value is -1.64. The first-order valence-corrected chi connectivity index (χ1v) is 10.4. The summed E-state index contributed by atoms with van der Waals surface area (Å²) in [5, 5.41) is 4.07. The van der Waals surface area contributed by atoms with Gasteiger partial charge in [-0.1, -0.05) is 103 Å². The van der Waals surface area contributed by atoms with Gasteiger partial charge in [-0.25, -0.2) is 5.43 Å². The number of hydrazone groups is 1. The molecule has 1 aromatic rings. The van der Waals surface area contributed by atoms with E-state index in [1.54, 1.807) is 6.21 Å². The summed E-state index contributed by atoms with van der Waals surface area (Å²) in [6, 6.07) is 8.31. The lowest BCUT2D eigenvalue weighted by Gasteiger charge is -2.18. The Morgan fingerprint density at radius 1 is 0.923 bits per heavy atom. The fraction of sp³-hybridized carbons (Fsp3) is 0.652. The Kier molecular flexibility index (Phi) is 10.9. The molecule has 3 nitrogen and oxygen atoms in total. The quantitative estimate of drug-likeness (QED) is 0.264. The Balaban J connectivity index is 2.11. The van der Waals surface area contributed by atoms with Crippen molar-refractivity contribution in [2.75, 3.05) is 0 Å². The van der Waals surface area contributed by atoms with Gasteiger partial charge in [-0.15, -0.1) is 0 Å². The Labute approximate surface area is 160 Å². The van der Waals surface area contributed by atoms with E-state index < -0.39 is 0 Å². The molecular weight excluding hydrogens is 320 g/mol. The minimum atomic E-state index is 0.00973. The third-order valence-corrected chi connectivity index (χ3v) is 4.69. The number of nitrogens with one attached hydrogen (secondary N) is 1. The molecule has 0 aliphatic carbocycles. The zero-order valence-electron chi connectivity index (χ0n) is 17.3. The molecule has 0 aromatic heterocycles. The van der Waals surface area contributed by atoms with Gasteiger partial charge in [-0.3, -0.25) is 4.79 Å². The lowest BCUT2D eigenvalue weighted by Crippen LogP contribution is -2.17. The molecule has 1 rings (SSSR count). The fourth-order valence-electron chi connectivity index (χ4n) is 2.90. The minimum absolute atomic E-state index is 0.00973. The van der Waals surface area contributed by atoms with Crippen molar-refractivity contribution in [3.63, 3.8) is 0 Å². The molecule has 146 valence electrons. The smallest absolute Gasteiger partial charge is 0.240 e. The van der Waals surface area contributed by atoms with Gasteiger partial charge >= 0.3 is 0 Å². The number of rotatable bonds is 12. The maximum Gasteiger partial charge on any atom is 0.240 e. The fourth-order valence-corrected chi connectivity index (χ4v) is 2.90. The van der Waals surface area contributed by atoms with E-state index in [-0.39, 0.29) is 11.3 Å². The number of benzene rings is 1. The molecule has 0 spiro atoms. The molecule has 1 aromatic carbocycles. The van der Waals surface area contributed by atoms with Gasteiger partial charge in [0, 0.05) is 6.42 Å². The average molecular weight is 359 g/mol. The van der Waals surface area contributed by atoms with Crippen LogP contribution in [0, 0.1) is 0 Å². The van der Waals surface area contributed by atoms with Crippen LogP contribution in [0.3, 0.4) is 0 Å². The maximum absolute atomic E-state index is 11.8. The highest BCUT2D eigenvalue weighted by atomic mass is 16.2. The van der Waals surface area contributed by atoms with Crippen LogP contribution in [0.15, 0.2) is 29.4 Å². The van der Waals surface area contributed by atoms with Crippen LogP contribution in [0.5, 0.6) is 0 Å². The second kappa shape index (κ2) is 12.7. The molecule has 0 aliphatic rings. The number of hydrogen-bond acceptors (Lipinski definition) is 2. The van der Waals surface area contributed by atoms with Crippen LogP contribution in [0.4, 0.5) is 0 Å². The Morgan fingerprint density at radius 3 is 2.00 bits per heavy atom. The van der Waals surface area contributed by atoms with E-state index in [0.29, 0.717) is 6.42 Å².